The standard InChI is InChI=1S/C26H24N4O2/c27-16-19-4-3-6-25(14-19)32-24-9-7-20(8-10-24)26(31)30-18-22-15-23(30)17-29(22)13-11-21-5-1-2-12-28-21/h1-10,12,14,22-23H,11,13,15,17-18H2. The maximum Gasteiger partial charge on any atom is 0.254 e. The second kappa shape index (κ2) is 8.81. The van der Waals surface area contributed by atoms with E-state index in [1.54, 1.807) is 36.4 Å². The lowest BCUT2D eigenvalue weighted by atomic mass is 10.1. The van der Waals surface area contributed by atoms with E-state index in [9.17, 15) is 4.79 Å². The van der Waals surface area contributed by atoms with Crippen molar-refractivity contribution in [1.82, 2.24) is 14.8 Å². The zero-order chi connectivity index (χ0) is 21.9. The first-order valence-electron chi connectivity index (χ1n) is 10.9. The van der Waals surface area contributed by atoms with Gasteiger partial charge in [0.15, 0.2) is 0 Å². The average Bonchev–Trinajstić information content (AvgIpc) is 3.44. The first kappa shape index (κ1) is 20.2. The van der Waals surface area contributed by atoms with Gasteiger partial charge >= 0.3 is 0 Å². The normalized spacial score (nSPS) is 19.7. The molecule has 2 aliphatic heterocycles. The number of hydrogen-bond donors (Lipinski definition) is 0. The summed E-state index contributed by atoms with van der Waals surface area (Å²) >= 11 is 0. The highest BCUT2D eigenvalue weighted by Gasteiger charge is 2.44. The Balaban J connectivity index is 1.17. The zero-order valence-corrected chi connectivity index (χ0v) is 17.7. The van der Waals surface area contributed by atoms with Crippen molar-refractivity contribution in [3.63, 3.8) is 0 Å². The molecule has 2 saturated heterocycles. The number of fused-ring (bicyclic) bond motifs is 2. The summed E-state index contributed by atoms with van der Waals surface area (Å²) in [5.74, 6) is 1.32. The topological polar surface area (TPSA) is 69.5 Å². The van der Waals surface area contributed by atoms with Gasteiger partial charge in [-0.3, -0.25) is 14.7 Å². The smallest absolute Gasteiger partial charge is 0.254 e. The Morgan fingerprint density at radius 3 is 2.62 bits per heavy atom. The predicted molar refractivity (Wildman–Crippen MR) is 120 cm³/mol. The number of aromatic nitrogens is 1. The van der Waals surface area contributed by atoms with Crippen molar-refractivity contribution in [3.05, 3.63) is 89.7 Å². The van der Waals surface area contributed by atoms with E-state index in [-0.39, 0.29) is 11.9 Å². The Hall–Kier alpha value is -3.69. The van der Waals surface area contributed by atoms with Gasteiger partial charge in [0.25, 0.3) is 5.91 Å². The molecule has 0 saturated carbocycles. The summed E-state index contributed by atoms with van der Waals surface area (Å²) in [5, 5.41) is 9.02. The van der Waals surface area contributed by atoms with Crippen molar-refractivity contribution in [1.29, 1.82) is 5.26 Å². The van der Waals surface area contributed by atoms with E-state index in [0.717, 1.165) is 38.2 Å². The average molecular weight is 425 g/mol. The van der Waals surface area contributed by atoms with E-state index in [2.05, 4.69) is 22.0 Å². The molecule has 2 aliphatic rings. The van der Waals surface area contributed by atoms with Crippen molar-refractivity contribution in [2.45, 2.75) is 24.9 Å². The summed E-state index contributed by atoms with van der Waals surface area (Å²) in [7, 11) is 0. The van der Waals surface area contributed by atoms with Crippen LogP contribution in [0.4, 0.5) is 0 Å². The van der Waals surface area contributed by atoms with Gasteiger partial charge < -0.3 is 9.64 Å². The molecule has 160 valence electrons. The molecule has 5 rings (SSSR count). The van der Waals surface area contributed by atoms with Crippen molar-refractivity contribution in [3.8, 4) is 17.6 Å². The molecule has 1 amide bonds. The molecular formula is C26H24N4O2. The van der Waals surface area contributed by atoms with Gasteiger partial charge in [-0.1, -0.05) is 12.1 Å². The number of pyridine rings is 1. The summed E-state index contributed by atoms with van der Waals surface area (Å²) in [4.78, 5) is 22.0. The summed E-state index contributed by atoms with van der Waals surface area (Å²) in [6.45, 7) is 2.70. The minimum atomic E-state index is 0.0832. The third-order valence-electron chi connectivity index (χ3n) is 6.30. The van der Waals surface area contributed by atoms with Crippen LogP contribution in [0.5, 0.6) is 11.5 Å². The SMILES string of the molecule is N#Cc1cccc(Oc2ccc(C(=O)N3CC4CC3CN4CCc3ccccn3)cc2)c1. The highest BCUT2D eigenvalue weighted by molar-refractivity contribution is 5.95. The highest BCUT2D eigenvalue weighted by atomic mass is 16.5. The Morgan fingerprint density at radius 1 is 1.03 bits per heavy atom. The number of nitrogens with zero attached hydrogens (tertiary/aromatic N) is 4. The second-order valence-corrected chi connectivity index (χ2v) is 8.33. The van der Waals surface area contributed by atoms with Gasteiger partial charge in [0, 0.05) is 55.6 Å². The van der Waals surface area contributed by atoms with Crippen molar-refractivity contribution in [2.75, 3.05) is 19.6 Å². The molecule has 0 aliphatic carbocycles. The molecule has 2 bridgehead atoms. The number of nitriles is 1. The van der Waals surface area contributed by atoms with Crippen LogP contribution in [-0.2, 0) is 6.42 Å². The van der Waals surface area contributed by atoms with Crippen LogP contribution < -0.4 is 4.74 Å². The molecule has 3 aromatic rings. The van der Waals surface area contributed by atoms with Crippen LogP contribution in [0.15, 0.2) is 72.9 Å². The van der Waals surface area contributed by atoms with Crippen LogP contribution in [0.1, 0.15) is 28.0 Å². The number of hydrogen-bond acceptors (Lipinski definition) is 5. The first-order valence-corrected chi connectivity index (χ1v) is 10.9. The van der Waals surface area contributed by atoms with Crippen LogP contribution in [0.3, 0.4) is 0 Å². The third kappa shape index (κ3) is 4.20. The molecule has 1 aromatic heterocycles. The predicted octanol–water partition coefficient (Wildman–Crippen LogP) is 3.89. The van der Waals surface area contributed by atoms with Gasteiger partial charge in [0.05, 0.1) is 11.6 Å². The minimum absolute atomic E-state index is 0.0832. The van der Waals surface area contributed by atoms with Crippen molar-refractivity contribution < 1.29 is 9.53 Å². The molecule has 2 atom stereocenters. The van der Waals surface area contributed by atoms with Crippen molar-refractivity contribution >= 4 is 5.91 Å². The molecule has 0 radical (unpaired) electrons. The Labute approximate surface area is 187 Å². The summed E-state index contributed by atoms with van der Waals surface area (Å²) in [5.41, 5.74) is 2.34. The summed E-state index contributed by atoms with van der Waals surface area (Å²) in [6.07, 6.45) is 3.83. The molecule has 0 N–H and O–H groups in total. The zero-order valence-electron chi connectivity index (χ0n) is 17.7. The number of piperazine rings is 1. The van der Waals surface area contributed by atoms with Gasteiger partial charge in [0.1, 0.15) is 11.5 Å². The number of carbonyl (C=O) groups is 1. The Kier molecular flexibility index (Phi) is 5.57. The fraction of sp³-hybridized carbons (Fsp3) is 0.269. The maximum absolute atomic E-state index is 13.1. The van der Waals surface area contributed by atoms with E-state index in [1.165, 1.54) is 0 Å². The molecule has 6 nitrogen and oxygen atoms in total. The van der Waals surface area contributed by atoms with Gasteiger partial charge in [-0.25, -0.2) is 0 Å². The second-order valence-electron chi connectivity index (χ2n) is 8.33. The van der Waals surface area contributed by atoms with E-state index >= 15 is 0 Å². The van der Waals surface area contributed by atoms with E-state index in [1.807, 2.05) is 35.4 Å². The number of ether oxygens (including phenoxy) is 1. The van der Waals surface area contributed by atoms with Gasteiger partial charge in [-0.2, -0.15) is 5.26 Å². The van der Waals surface area contributed by atoms with E-state index in [4.69, 9.17) is 10.00 Å². The largest absolute Gasteiger partial charge is 0.457 e. The van der Waals surface area contributed by atoms with Gasteiger partial charge in [-0.15, -0.1) is 0 Å². The molecular weight excluding hydrogens is 400 g/mol. The number of carbonyl (C=O) groups excluding carboxylic acids is 1. The van der Waals surface area contributed by atoms with Crippen LogP contribution in [-0.4, -0.2) is 52.4 Å². The molecule has 0 spiro atoms. The first-order chi connectivity index (χ1) is 15.7. The Morgan fingerprint density at radius 2 is 1.91 bits per heavy atom. The fourth-order valence-corrected chi connectivity index (χ4v) is 4.67. The highest BCUT2D eigenvalue weighted by Crippen LogP contribution is 2.32. The number of rotatable bonds is 6. The van der Waals surface area contributed by atoms with Crippen LogP contribution in [0.2, 0.25) is 0 Å². The van der Waals surface area contributed by atoms with Crippen LogP contribution in [0.25, 0.3) is 0 Å². The van der Waals surface area contributed by atoms with Crippen LogP contribution in [0, 0.1) is 11.3 Å². The number of likely N-dealkylation sites (tertiary alicyclic amines) is 2. The molecule has 3 heterocycles. The lowest BCUT2D eigenvalue weighted by molar-refractivity contribution is 0.0625. The number of benzene rings is 2. The maximum atomic E-state index is 13.1. The lowest BCUT2D eigenvalue weighted by Crippen LogP contribution is -2.49. The Bertz CT molecular complexity index is 1140. The molecule has 6 heteroatoms. The van der Waals surface area contributed by atoms with Crippen LogP contribution >= 0.6 is 0 Å². The molecule has 2 fully saturated rings. The fourth-order valence-electron chi connectivity index (χ4n) is 4.67. The van der Waals surface area contributed by atoms with Gasteiger partial charge in [-0.05, 0) is 61.0 Å². The molecule has 2 unspecified atom stereocenters. The quantitative estimate of drug-likeness (QED) is 0.601. The van der Waals surface area contributed by atoms with E-state index < -0.39 is 0 Å². The van der Waals surface area contributed by atoms with Crippen molar-refractivity contribution in [2.24, 2.45) is 0 Å². The molecule has 32 heavy (non-hydrogen) atoms. The number of amides is 1. The summed E-state index contributed by atoms with van der Waals surface area (Å²) < 4.78 is 5.82. The monoisotopic (exact) mass is 424 g/mol. The van der Waals surface area contributed by atoms with Gasteiger partial charge in [0.2, 0.25) is 0 Å². The lowest BCUT2D eigenvalue weighted by Gasteiger charge is -2.34. The third-order valence-corrected chi connectivity index (χ3v) is 6.30. The summed E-state index contributed by atoms with van der Waals surface area (Å²) in [6, 6.07) is 23.1. The molecule has 2 aromatic carbocycles. The minimum Gasteiger partial charge on any atom is -0.457 e. The van der Waals surface area contributed by atoms with E-state index in [0.29, 0.717) is 28.7 Å².